The molecule has 0 fully saturated rings. The Balaban J connectivity index is 2.00. The van der Waals surface area contributed by atoms with Gasteiger partial charge in [0.15, 0.2) is 5.69 Å². The maximum Gasteiger partial charge on any atom is 0.190 e. The standard InChI is InChI=1S/C16H13N5/c1-21(13-7-3-2-4-8-13)14-9-5-6-12(10-14)16-15(11-17)18-20-19-16/h2-10H,1H3,(H,18,19,20). The molecule has 0 atom stereocenters. The molecule has 0 aliphatic heterocycles. The van der Waals surface area contributed by atoms with Crippen LogP contribution in [0.5, 0.6) is 0 Å². The van der Waals surface area contributed by atoms with Crippen molar-refractivity contribution in [1.82, 2.24) is 15.4 Å². The molecule has 1 aromatic heterocycles. The Bertz CT molecular complexity index is 786. The zero-order valence-corrected chi connectivity index (χ0v) is 11.5. The maximum absolute atomic E-state index is 9.04. The number of nitrogens with zero attached hydrogens (tertiary/aromatic N) is 4. The molecule has 3 aromatic rings. The van der Waals surface area contributed by atoms with E-state index in [-0.39, 0.29) is 0 Å². The van der Waals surface area contributed by atoms with E-state index in [4.69, 9.17) is 5.26 Å². The third kappa shape index (κ3) is 2.47. The van der Waals surface area contributed by atoms with Crippen LogP contribution in [-0.4, -0.2) is 22.5 Å². The van der Waals surface area contributed by atoms with Crippen LogP contribution in [0.1, 0.15) is 5.69 Å². The molecule has 0 spiro atoms. The fraction of sp³-hybridized carbons (Fsp3) is 0.0625. The summed E-state index contributed by atoms with van der Waals surface area (Å²) in [6.07, 6.45) is 0. The molecule has 5 nitrogen and oxygen atoms in total. The molecular formula is C16H13N5. The van der Waals surface area contributed by atoms with Gasteiger partial charge in [0.25, 0.3) is 0 Å². The van der Waals surface area contributed by atoms with Gasteiger partial charge in [-0.25, -0.2) is 0 Å². The molecule has 1 N–H and O–H groups in total. The molecule has 0 radical (unpaired) electrons. The van der Waals surface area contributed by atoms with Gasteiger partial charge in [-0.3, -0.25) is 0 Å². The van der Waals surface area contributed by atoms with E-state index in [1.54, 1.807) is 0 Å². The van der Waals surface area contributed by atoms with Crippen molar-refractivity contribution in [2.24, 2.45) is 0 Å². The number of hydrogen-bond donors (Lipinski definition) is 1. The van der Waals surface area contributed by atoms with Crippen LogP contribution in [0.25, 0.3) is 11.3 Å². The van der Waals surface area contributed by atoms with Gasteiger partial charge in [0.2, 0.25) is 0 Å². The SMILES string of the molecule is CN(c1ccccc1)c1cccc(-c2n[nH]nc2C#N)c1. The Morgan fingerprint density at radius 1 is 1.00 bits per heavy atom. The van der Waals surface area contributed by atoms with E-state index < -0.39 is 0 Å². The van der Waals surface area contributed by atoms with Crippen LogP contribution in [-0.2, 0) is 0 Å². The molecule has 0 saturated carbocycles. The summed E-state index contributed by atoms with van der Waals surface area (Å²) in [5, 5.41) is 19.4. The number of para-hydroxylation sites is 1. The van der Waals surface area contributed by atoms with Gasteiger partial charge >= 0.3 is 0 Å². The first kappa shape index (κ1) is 12.9. The van der Waals surface area contributed by atoms with Crippen LogP contribution in [0.3, 0.4) is 0 Å². The third-order valence-electron chi connectivity index (χ3n) is 3.30. The second-order valence-electron chi connectivity index (χ2n) is 4.58. The van der Waals surface area contributed by atoms with Crippen molar-refractivity contribution in [2.75, 3.05) is 11.9 Å². The molecule has 5 heteroatoms. The van der Waals surface area contributed by atoms with Gasteiger partial charge in [0.1, 0.15) is 11.8 Å². The molecule has 0 unspecified atom stereocenters. The number of rotatable bonds is 3. The lowest BCUT2D eigenvalue weighted by Crippen LogP contribution is -2.09. The van der Waals surface area contributed by atoms with E-state index in [1.807, 2.05) is 67.7 Å². The minimum atomic E-state index is 0.300. The smallest absolute Gasteiger partial charge is 0.190 e. The highest BCUT2D eigenvalue weighted by Crippen LogP contribution is 2.28. The van der Waals surface area contributed by atoms with Crippen LogP contribution in [0, 0.1) is 11.3 Å². The second-order valence-corrected chi connectivity index (χ2v) is 4.58. The van der Waals surface area contributed by atoms with E-state index >= 15 is 0 Å². The molecule has 102 valence electrons. The van der Waals surface area contributed by atoms with Gasteiger partial charge < -0.3 is 4.90 Å². The molecule has 0 amide bonds. The molecule has 1 heterocycles. The Kier molecular flexibility index (Phi) is 3.36. The lowest BCUT2D eigenvalue weighted by atomic mass is 10.1. The van der Waals surface area contributed by atoms with Crippen LogP contribution in [0.4, 0.5) is 11.4 Å². The molecular weight excluding hydrogens is 262 g/mol. The number of anilines is 2. The van der Waals surface area contributed by atoms with Crippen molar-refractivity contribution in [3.8, 4) is 17.3 Å². The molecule has 0 bridgehead atoms. The van der Waals surface area contributed by atoms with Crippen molar-refractivity contribution in [3.05, 3.63) is 60.3 Å². The number of aromatic amines is 1. The number of hydrogen-bond acceptors (Lipinski definition) is 4. The minimum absolute atomic E-state index is 0.300. The normalized spacial score (nSPS) is 10.1. The summed E-state index contributed by atoms with van der Waals surface area (Å²) < 4.78 is 0. The second kappa shape index (κ2) is 5.47. The quantitative estimate of drug-likeness (QED) is 0.797. The first-order chi connectivity index (χ1) is 10.3. The summed E-state index contributed by atoms with van der Waals surface area (Å²) in [4.78, 5) is 2.08. The summed E-state index contributed by atoms with van der Waals surface area (Å²) in [6.45, 7) is 0. The van der Waals surface area contributed by atoms with Crippen molar-refractivity contribution in [3.63, 3.8) is 0 Å². The first-order valence-electron chi connectivity index (χ1n) is 6.49. The van der Waals surface area contributed by atoms with E-state index in [1.165, 1.54) is 0 Å². The lowest BCUT2D eigenvalue weighted by molar-refractivity contribution is 0.937. The fourth-order valence-corrected chi connectivity index (χ4v) is 2.17. The van der Waals surface area contributed by atoms with E-state index in [0.717, 1.165) is 16.9 Å². The largest absolute Gasteiger partial charge is 0.345 e. The van der Waals surface area contributed by atoms with Crippen molar-refractivity contribution < 1.29 is 0 Å². The topological polar surface area (TPSA) is 68.6 Å². The van der Waals surface area contributed by atoms with Crippen LogP contribution >= 0.6 is 0 Å². The van der Waals surface area contributed by atoms with Gasteiger partial charge in [-0.1, -0.05) is 30.3 Å². The summed E-state index contributed by atoms with van der Waals surface area (Å²) in [5.74, 6) is 0. The molecule has 3 rings (SSSR count). The summed E-state index contributed by atoms with van der Waals surface area (Å²) in [5.41, 5.74) is 3.84. The Morgan fingerprint density at radius 3 is 2.52 bits per heavy atom. The van der Waals surface area contributed by atoms with Crippen molar-refractivity contribution in [1.29, 1.82) is 5.26 Å². The minimum Gasteiger partial charge on any atom is -0.345 e. The monoisotopic (exact) mass is 275 g/mol. The average molecular weight is 275 g/mol. The van der Waals surface area contributed by atoms with Crippen molar-refractivity contribution in [2.45, 2.75) is 0 Å². The molecule has 2 aromatic carbocycles. The summed E-state index contributed by atoms with van der Waals surface area (Å²) >= 11 is 0. The predicted octanol–water partition coefficient (Wildman–Crippen LogP) is 3.11. The zero-order valence-electron chi connectivity index (χ0n) is 11.5. The number of benzene rings is 2. The van der Waals surface area contributed by atoms with E-state index in [0.29, 0.717) is 11.4 Å². The Labute approximate surface area is 122 Å². The van der Waals surface area contributed by atoms with Crippen molar-refractivity contribution >= 4 is 11.4 Å². The number of aromatic nitrogens is 3. The predicted molar refractivity (Wildman–Crippen MR) is 81.0 cm³/mol. The zero-order chi connectivity index (χ0) is 14.7. The Morgan fingerprint density at radius 2 is 1.76 bits per heavy atom. The van der Waals surface area contributed by atoms with Gasteiger partial charge in [-0.2, -0.15) is 15.6 Å². The van der Waals surface area contributed by atoms with E-state index in [2.05, 4.69) is 20.3 Å². The first-order valence-corrected chi connectivity index (χ1v) is 6.49. The highest BCUT2D eigenvalue weighted by atomic mass is 15.3. The fourth-order valence-electron chi connectivity index (χ4n) is 2.17. The lowest BCUT2D eigenvalue weighted by Gasteiger charge is -2.19. The molecule has 21 heavy (non-hydrogen) atoms. The highest BCUT2D eigenvalue weighted by Gasteiger charge is 2.11. The molecule has 0 saturated heterocycles. The molecule has 0 aliphatic rings. The summed E-state index contributed by atoms with van der Waals surface area (Å²) in [6, 6.07) is 20.0. The molecule has 0 aliphatic carbocycles. The number of nitriles is 1. The summed E-state index contributed by atoms with van der Waals surface area (Å²) in [7, 11) is 2.00. The van der Waals surface area contributed by atoms with E-state index in [9.17, 15) is 0 Å². The third-order valence-corrected chi connectivity index (χ3v) is 3.30. The van der Waals surface area contributed by atoms with Crippen LogP contribution in [0.15, 0.2) is 54.6 Å². The van der Waals surface area contributed by atoms with Gasteiger partial charge in [0.05, 0.1) is 0 Å². The maximum atomic E-state index is 9.04. The number of nitrogens with one attached hydrogen (secondary N) is 1. The highest BCUT2D eigenvalue weighted by molar-refractivity contribution is 5.72. The number of H-pyrrole nitrogens is 1. The Hall–Kier alpha value is -3.13. The van der Waals surface area contributed by atoms with Crippen LogP contribution < -0.4 is 4.90 Å². The average Bonchev–Trinajstić information content (AvgIpc) is 3.04. The van der Waals surface area contributed by atoms with Gasteiger partial charge in [-0.15, -0.1) is 5.10 Å². The van der Waals surface area contributed by atoms with Crippen LogP contribution in [0.2, 0.25) is 0 Å². The van der Waals surface area contributed by atoms with Gasteiger partial charge in [-0.05, 0) is 24.3 Å². The van der Waals surface area contributed by atoms with Gasteiger partial charge in [0, 0.05) is 24.0 Å².